The Morgan fingerprint density at radius 3 is 2.69 bits per heavy atom. The van der Waals surface area contributed by atoms with Crippen molar-refractivity contribution in [3.8, 4) is 0 Å². The van der Waals surface area contributed by atoms with Crippen LogP contribution in [0.3, 0.4) is 0 Å². The second-order valence-electron chi connectivity index (χ2n) is 6.12. The number of benzene rings is 1. The molecule has 142 valence electrons. The van der Waals surface area contributed by atoms with Crippen LogP contribution in [-0.2, 0) is 27.4 Å². The number of esters is 1. The van der Waals surface area contributed by atoms with Gasteiger partial charge in [0.05, 0.1) is 13.2 Å². The van der Waals surface area contributed by atoms with Gasteiger partial charge in [0.2, 0.25) is 0 Å². The summed E-state index contributed by atoms with van der Waals surface area (Å²) in [5.41, 5.74) is 2.12. The van der Waals surface area contributed by atoms with Gasteiger partial charge in [-0.05, 0) is 43.2 Å². The Kier molecular flexibility index (Phi) is 8.31. The molecule has 2 aromatic rings. The Labute approximate surface area is 154 Å². The summed E-state index contributed by atoms with van der Waals surface area (Å²) in [6, 6.07) is 10.5. The third kappa shape index (κ3) is 6.61. The van der Waals surface area contributed by atoms with Crippen LogP contribution >= 0.6 is 0 Å². The van der Waals surface area contributed by atoms with Crippen molar-refractivity contribution in [1.82, 2.24) is 9.47 Å². The molecule has 0 saturated carbocycles. The van der Waals surface area contributed by atoms with Crippen molar-refractivity contribution < 1.29 is 18.7 Å². The highest BCUT2D eigenvalue weighted by Gasteiger charge is 2.14. The van der Waals surface area contributed by atoms with Gasteiger partial charge < -0.3 is 14.0 Å². The number of carbonyl (C=O) groups excluding carboxylic acids is 1. The second kappa shape index (κ2) is 10.7. The molecule has 0 N–H and O–H groups in total. The van der Waals surface area contributed by atoms with E-state index in [0.717, 1.165) is 24.2 Å². The van der Waals surface area contributed by atoms with Crippen molar-refractivity contribution >= 4 is 5.97 Å². The highest BCUT2D eigenvalue weighted by atomic mass is 19.1. The molecule has 26 heavy (non-hydrogen) atoms. The second-order valence-corrected chi connectivity index (χ2v) is 6.12. The van der Waals surface area contributed by atoms with Crippen molar-refractivity contribution in [2.24, 2.45) is 0 Å². The van der Waals surface area contributed by atoms with E-state index in [-0.39, 0.29) is 18.3 Å². The Hall–Kier alpha value is -2.18. The summed E-state index contributed by atoms with van der Waals surface area (Å²) in [4.78, 5) is 13.9. The van der Waals surface area contributed by atoms with Gasteiger partial charge in [0.15, 0.2) is 0 Å². The quantitative estimate of drug-likeness (QED) is 0.455. The number of halogens is 1. The van der Waals surface area contributed by atoms with Gasteiger partial charge in [-0.1, -0.05) is 12.1 Å². The number of carbonyl (C=O) groups is 1. The van der Waals surface area contributed by atoms with Gasteiger partial charge >= 0.3 is 5.97 Å². The van der Waals surface area contributed by atoms with E-state index < -0.39 is 0 Å². The third-order valence-corrected chi connectivity index (χ3v) is 4.06. The van der Waals surface area contributed by atoms with E-state index in [4.69, 9.17) is 9.47 Å². The minimum absolute atomic E-state index is 0.221. The van der Waals surface area contributed by atoms with Crippen molar-refractivity contribution in [1.29, 1.82) is 0 Å². The number of ether oxygens (including phenoxy) is 2. The molecule has 0 bridgehead atoms. The molecule has 0 radical (unpaired) electrons. The molecule has 2 rings (SSSR count). The van der Waals surface area contributed by atoms with Crippen LogP contribution in [0.5, 0.6) is 0 Å². The molecule has 0 aliphatic carbocycles. The molecule has 1 aromatic carbocycles. The molecule has 6 heteroatoms. The molecule has 0 unspecified atom stereocenters. The normalized spacial score (nSPS) is 11.1. The first-order valence-electron chi connectivity index (χ1n) is 8.87. The van der Waals surface area contributed by atoms with Gasteiger partial charge in [-0.3, -0.25) is 9.69 Å². The largest absolute Gasteiger partial charge is 0.465 e. The zero-order valence-electron chi connectivity index (χ0n) is 15.5. The minimum atomic E-state index is -0.236. The Morgan fingerprint density at radius 1 is 1.23 bits per heavy atom. The molecule has 0 amide bonds. The molecule has 0 aliphatic rings. The van der Waals surface area contributed by atoms with Crippen molar-refractivity contribution in [2.45, 2.75) is 26.4 Å². The maximum Gasteiger partial charge on any atom is 0.320 e. The van der Waals surface area contributed by atoms with Crippen molar-refractivity contribution in [3.05, 3.63) is 59.7 Å². The first-order chi connectivity index (χ1) is 12.6. The highest BCUT2D eigenvalue weighted by Crippen LogP contribution is 2.12. The summed E-state index contributed by atoms with van der Waals surface area (Å²) < 4.78 is 25.4. The standard InChI is InChI=1S/C20H27FN2O3/c1-3-26-20(24)16-22(11-5-13-25-2)15-19-6-4-12-23(19)14-17-7-9-18(21)10-8-17/h4,6-10,12H,3,5,11,13-16H2,1-2H3. The van der Waals surface area contributed by atoms with Gasteiger partial charge in [0.1, 0.15) is 5.82 Å². The highest BCUT2D eigenvalue weighted by molar-refractivity contribution is 5.71. The Balaban J connectivity index is 2.03. The van der Waals surface area contributed by atoms with Gasteiger partial charge in [0.25, 0.3) is 0 Å². The SMILES string of the molecule is CCOC(=O)CN(CCCOC)Cc1cccn1Cc1ccc(F)cc1. The van der Waals surface area contributed by atoms with E-state index in [1.165, 1.54) is 12.1 Å². The number of nitrogens with zero attached hydrogens (tertiary/aromatic N) is 2. The fraction of sp³-hybridized carbons (Fsp3) is 0.450. The number of hydrogen-bond donors (Lipinski definition) is 0. The van der Waals surface area contributed by atoms with Crippen LogP contribution in [0.25, 0.3) is 0 Å². The van der Waals surface area contributed by atoms with Crippen LogP contribution in [0.4, 0.5) is 4.39 Å². The third-order valence-electron chi connectivity index (χ3n) is 4.06. The maximum atomic E-state index is 13.1. The smallest absolute Gasteiger partial charge is 0.320 e. The average molecular weight is 362 g/mol. The summed E-state index contributed by atoms with van der Waals surface area (Å²) in [5, 5.41) is 0. The lowest BCUT2D eigenvalue weighted by Crippen LogP contribution is -2.32. The van der Waals surface area contributed by atoms with Crippen LogP contribution in [0.2, 0.25) is 0 Å². The zero-order chi connectivity index (χ0) is 18.8. The molecule has 0 fully saturated rings. The predicted octanol–water partition coefficient (Wildman–Crippen LogP) is 3.08. The summed E-state index contributed by atoms with van der Waals surface area (Å²) >= 11 is 0. The first-order valence-corrected chi connectivity index (χ1v) is 8.87. The molecule has 1 aromatic heterocycles. The fourth-order valence-corrected chi connectivity index (χ4v) is 2.80. The molecule has 0 aliphatic heterocycles. The van der Waals surface area contributed by atoms with Crippen LogP contribution in [0.1, 0.15) is 24.6 Å². The summed E-state index contributed by atoms with van der Waals surface area (Å²) in [7, 11) is 1.67. The van der Waals surface area contributed by atoms with Crippen LogP contribution in [-0.4, -0.2) is 48.8 Å². The van der Waals surface area contributed by atoms with E-state index >= 15 is 0 Å². The van der Waals surface area contributed by atoms with E-state index in [0.29, 0.717) is 26.3 Å². The maximum absolute atomic E-state index is 13.1. The molecular formula is C20H27FN2O3. The van der Waals surface area contributed by atoms with Gasteiger partial charge in [-0.2, -0.15) is 0 Å². The monoisotopic (exact) mass is 362 g/mol. The van der Waals surface area contributed by atoms with E-state index in [1.54, 1.807) is 26.2 Å². The lowest BCUT2D eigenvalue weighted by Gasteiger charge is -2.22. The number of hydrogen-bond acceptors (Lipinski definition) is 4. The van der Waals surface area contributed by atoms with E-state index in [2.05, 4.69) is 9.47 Å². The summed E-state index contributed by atoms with van der Waals surface area (Å²) in [6.07, 6.45) is 2.84. The lowest BCUT2D eigenvalue weighted by molar-refractivity contribution is -0.144. The van der Waals surface area contributed by atoms with Gasteiger partial charge in [-0.25, -0.2) is 4.39 Å². The minimum Gasteiger partial charge on any atom is -0.465 e. The van der Waals surface area contributed by atoms with Gasteiger partial charge in [0, 0.05) is 45.2 Å². The first kappa shape index (κ1) is 20.1. The Morgan fingerprint density at radius 2 is 2.00 bits per heavy atom. The van der Waals surface area contributed by atoms with Crippen molar-refractivity contribution in [2.75, 3.05) is 33.4 Å². The molecule has 0 saturated heterocycles. The fourth-order valence-electron chi connectivity index (χ4n) is 2.80. The van der Waals surface area contributed by atoms with Crippen molar-refractivity contribution in [3.63, 3.8) is 0 Å². The molecule has 5 nitrogen and oxygen atoms in total. The number of aromatic nitrogens is 1. The topological polar surface area (TPSA) is 43.7 Å². The van der Waals surface area contributed by atoms with Crippen LogP contribution < -0.4 is 0 Å². The molecule has 0 atom stereocenters. The predicted molar refractivity (Wildman–Crippen MR) is 98.3 cm³/mol. The summed E-state index contributed by atoms with van der Waals surface area (Å²) in [6.45, 7) is 5.13. The molecule has 1 heterocycles. The van der Waals surface area contributed by atoms with E-state index in [1.807, 2.05) is 18.3 Å². The molecular weight excluding hydrogens is 335 g/mol. The number of methoxy groups -OCH3 is 1. The van der Waals surface area contributed by atoms with Crippen LogP contribution in [0.15, 0.2) is 42.6 Å². The average Bonchev–Trinajstić information content (AvgIpc) is 3.04. The zero-order valence-corrected chi connectivity index (χ0v) is 15.5. The number of rotatable bonds is 11. The van der Waals surface area contributed by atoms with Gasteiger partial charge in [-0.15, -0.1) is 0 Å². The van der Waals surface area contributed by atoms with Crippen LogP contribution in [0, 0.1) is 5.82 Å². The summed E-state index contributed by atoms with van der Waals surface area (Å²) in [5.74, 6) is -0.457. The molecule has 0 spiro atoms. The Bertz CT molecular complexity index is 670. The van der Waals surface area contributed by atoms with E-state index in [9.17, 15) is 9.18 Å². The lowest BCUT2D eigenvalue weighted by atomic mass is 10.2.